The number of hydrogen-bond acceptors (Lipinski definition) is 8. The summed E-state index contributed by atoms with van der Waals surface area (Å²) in [7, 11) is 1.26. The molecule has 2 aliphatic rings. The van der Waals surface area contributed by atoms with Gasteiger partial charge in [0, 0.05) is 0 Å². The highest BCUT2D eigenvalue weighted by molar-refractivity contribution is 5.89. The first-order chi connectivity index (χ1) is 13.3. The lowest BCUT2D eigenvalue weighted by Crippen LogP contribution is -2.48. The van der Waals surface area contributed by atoms with Crippen LogP contribution in [0.5, 0.6) is 0 Å². The molecule has 2 aliphatic heterocycles. The van der Waals surface area contributed by atoms with Crippen molar-refractivity contribution in [3.8, 4) is 6.07 Å². The highest BCUT2D eigenvalue weighted by atomic mass is 16.8. The van der Waals surface area contributed by atoms with Gasteiger partial charge in [-0.15, -0.1) is 0 Å². The number of benzene rings is 1. The monoisotopic (exact) mass is 389 g/mol. The van der Waals surface area contributed by atoms with Gasteiger partial charge in [-0.05, 0) is 26.0 Å². The Bertz CT molecular complexity index is 773. The van der Waals surface area contributed by atoms with Gasteiger partial charge < -0.3 is 23.7 Å². The first-order valence-corrected chi connectivity index (χ1v) is 8.98. The Hall–Kier alpha value is -2.47. The van der Waals surface area contributed by atoms with Crippen molar-refractivity contribution in [2.24, 2.45) is 5.92 Å². The van der Waals surface area contributed by atoms with Crippen LogP contribution in [0.25, 0.3) is 0 Å². The Balaban J connectivity index is 1.79. The lowest BCUT2D eigenvalue weighted by Gasteiger charge is -2.27. The van der Waals surface area contributed by atoms with Gasteiger partial charge in [-0.1, -0.05) is 18.2 Å². The molecule has 3 rings (SSSR count). The lowest BCUT2D eigenvalue weighted by molar-refractivity contribution is -0.200. The van der Waals surface area contributed by atoms with E-state index in [1.165, 1.54) is 7.11 Å². The molecule has 0 spiro atoms. The van der Waals surface area contributed by atoms with Gasteiger partial charge in [0.05, 0.1) is 37.7 Å². The molecule has 0 saturated carbocycles. The zero-order valence-electron chi connectivity index (χ0n) is 16.0. The van der Waals surface area contributed by atoms with E-state index in [4.69, 9.17) is 28.9 Å². The first kappa shape index (κ1) is 20.3. The summed E-state index contributed by atoms with van der Waals surface area (Å²) in [5.41, 5.74) is -0.652. The topological polar surface area (TPSA) is 104 Å². The third kappa shape index (κ3) is 3.87. The van der Waals surface area contributed by atoms with E-state index in [1.54, 1.807) is 44.2 Å². The molecule has 8 nitrogen and oxygen atoms in total. The zero-order valence-corrected chi connectivity index (χ0v) is 16.0. The van der Waals surface area contributed by atoms with Gasteiger partial charge in [0.15, 0.2) is 11.4 Å². The molecule has 4 atom stereocenters. The summed E-state index contributed by atoms with van der Waals surface area (Å²) in [5, 5.41) is 9.10. The van der Waals surface area contributed by atoms with Gasteiger partial charge in [0.2, 0.25) is 0 Å². The number of carbonyl (C=O) groups is 2. The van der Waals surface area contributed by atoms with Crippen LogP contribution in [0.15, 0.2) is 30.3 Å². The van der Waals surface area contributed by atoms with Gasteiger partial charge in [0.1, 0.15) is 18.8 Å². The molecular weight excluding hydrogens is 366 g/mol. The maximum atomic E-state index is 12.3. The molecule has 0 amide bonds. The van der Waals surface area contributed by atoms with Gasteiger partial charge in [-0.25, -0.2) is 4.79 Å². The number of carbonyl (C=O) groups excluding carboxylic acids is 2. The molecule has 2 heterocycles. The lowest BCUT2D eigenvalue weighted by atomic mass is 9.88. The molecule has 0 bridgehead atoms. The van der Waals surface area contributed by atoms with Crippen molar-refractivity contribution in [2.45, 2.75) is 43.9 Å². The predicted octanol–water partition coefficient (Wildman–Crippen LogP) is 1.84. The van der Waals surface area contributed by atoms with E-state index in [0.717, 1.165) is 0 Å². The van der Waals surface area contributed by atoms with Crippen LogP contribution in [0.4, 0.5) is 0 Å². The number of esters is 2. The molecule has 150 valence electrons. The van der Waals surface area contributed by atoms with Crippen LogP contribution in [0.2, 0.25) is 0 Å². The maximum absolute atomic E-state index is 12.3. The molecule has 1 aromatic carbocycles. The van der Waals surface area contributed by atoms with Gasteiger partial charge in [-0.3, -0.25) is 4.79 Å². The molecule has 2 saturated heterocycles. The number of nitrogens with zero attached hydrogens (tertiary/aromatic N) is 1. The number of fused-ring (bicyclic) bond motifs is 1. The molecule has 1 unspecified atom stereocenters. The quantitative estimate of drug-likeness (QED) is 0.679. The van der Waals surface area contributed by atoms with Crippen molar-refractivity contribution in [2.75, 3.05) is 20.3 Å². The summed E-state index contributed by atoms with van der Waals surface area (Å²) in [6.07, 6.45) is -1.52. The minimum atomic E-state index is -1.07. The first-order valence-electron chi connectivity index (χ1n) is 8.98. The standard InChI is InChI=1S/C20H23NO7/c1-19(2)27-16-15(14(9-10-21)18(23)24-3)25-11-20(16,28-19)12-26-17(22)13-7-5-4-6-8-13/h4-8,14-16H,9,11-12H2,1-3H3/t14?,15-,16-,20-/m0/s1. The molecule has 0 N–H and O–H groups in total. The van der Waals surface area contributed by atoms with Crippen LogP contribution >= 0.6 is 0 Å². The second kappa shape index (κ2) is 7.87. The highest BCUT2D eigenvalue weighted by Crippen LogP contribution is 2.46. The van der Waals surface area contributed by atoms with Gasteiger partial charge in [0.25, 0.3) is 0 Å². The van der Waals surface area contributed by atoms with Crippen molar-refractivity contribution in [1.82, 2.24) is 0 Å². The smallest absolute Gasteiger partial charge is 0.338 e. The fourth-order valence-electron chi connectivity index (χ4n) is 3.70. The minimum absolute atomic E-state index is 0.0623. The van der Waals surface area contributed by atoms with E-state index in [9.17, 15) is 9.59 Å². The molecule has 28 heavy (non-hydrogen) atoms. The SMILES string of the molecule is COC(=O)C(CC#N)[C@@H]1OC[C@@]2(COC(=O)c3ccccc3)OC(C)(C)O[C@@H]12. The van der Waals surface area contributed by atoms with Crippen molar-refractivity contribution >= 4 is 11.9 Å². The molecule has 0 aliphatic carbocycles. The maximum Gasteiger partial charge on any atom is 0.338 e. The Morgan fingerprint density at radius 2 is 2.04 bits per heavy atom. The molecule has 2 fully saturated rings. The average molecular weight is 389 g/mol. The van der Waals surface area contributed by atoms with E-state index in [-0.39, 0.29) is 19.6 Å². The van der Waals surface area contributed by atoms with Crippen LogP contribution in [-0.2, 0) is 28.5 Å². The fourth-order valence-corrected chi connectivity index (χ4v) is 3.70. The summed E-state index contributed by atoms with van der Waals surface area (Å²) in [6.45, 7) is 3.43. The third-order valence-corrected chi connectivity index (χ3v) is 4.87. The minimum Gasteiger partial charge on any atom is -0.469 e. The Morgan fingerprint density at radius 1 is 1.32 bits per heavy atom. The number of nitriles is 1. The Labute approximate surface area is 163 Å². The molecule has 1 aromatic rings. The Kier molecular flexibility index (Phi) is 5.70. The van der Waals surface area contributed by atoms with Crippen LogP contribution in [-0.4, -0.2) is 55.9 Å². The summed E-state index contributed by atoms with van der Waals surface area (Å²) in [4.78, 5) is 24.5. The van der Waals surface area contributed by atoms with Crippen molar-refractivity contribution < 1.29 is 33.3 Å². The number of methoxy groups -OCH3 is 1. The number of ether oxygens (including phenoxy) is 5. The summed E-state index contributed by atoms with van der Waals surface area (Å²) in [5.74, 6) is -2.84. The van der Waals surface area contributed by atoms with E-state index >= 15 is 0 Å². The third-order valence-electron chi connectivity index (χ3n) is 4.87. The fraction of sp³-hybridized carbons (Fsp3) is 0.550. The average Bonchev–Trinajstić information content (AvgIpc) is 3.14. The second-order valence-electron chi connectivity index (χ2n) is 7.31. The summed E-state index contributed by atoms with van der Waals surface area (Å²) in [6, 6.07) is 10.6. The largest absolute Gasteiger partial charge is 0.469 e. The predicted molar refractivity (Wildman–Crippen MR) is 95.0 cm³/mol. The molecular formula is C20H23NO7. The molecule has 8 heteroatoms. The second-order valence-corrected chi connectivity index (χ2v) is 7.31. The summed E-state index contributed by atoms with van der Waals surface area (Å²) < 4.78 is 28.1. The summed E-state index contributed by atoms with van der Waals surface area (Å²) >= 11 is 0. The molecule has 0 radical (unpaired) electrons. The zero-order chi connectivity index (χ0) is 20.4. The van der Waals surface area contributed by atoms with Gasteiger partial charge in [-0.2, -0.15) is 5.26 Å². The van der Waals surface area contributed by atoms with E-state index < -0.39 is 41.5 Å². The van der Waals surface area contributed by atoms with Crippen molar-refractivity contribution in [1.29, 1.82) is 5.26 Å². The molecule has 0 aromatic heterocycles. The van der Waals surface area contributed by atoms with E-state index in [1.807, 2.05) is 6.07 Å². The van der Waals surface area contributed by atoms with Crippen LogP contribution in [0.1, 0.15) is 30.6 Å². The van der Waals surface area contributed by atoms with Gasteiger partial charge >= 0.3 is 11.9 Å². The number of rotatable bonds is 6. The number of hydrogen-bond donors (Lipinski definition) is 0. The van der Waals surface area contributed by atoms with Crippen molar-refractivity contribution in [3.05, 3.63) is 35.9 Å². The van der Waals surface area contributed by atoms with Crippen molar-refractivity contribution in [3.63, 3.8) is 0 Å². The Morgan fingerprint density at radius 3 is 2.68 bits per heavy atom. The highest BCUT2D eigenvalue weighted by Gasteiger charge is 2.64. The van der Waals surface area contributed by atoms with E-state index in [0.29, 0.717) is 5.56 Å². The van der Waals surface area contributed by atoms with Crippen LogP contribution < -0.4 is 0 Å². The normalized spacial score (nSPS) is 28.8. The van der Waals surface area contributed by atoms with Crippen LogP contribution in [0.3, 0.4) is 0 Å². The van der Waals surface area contributed by atoms with E-state index in [2.05, 4.69) is 0 Å². The van der Waals surface area contributed by atoms with Crippen LogP contribution in [0, 0.1) is 17.2 Å².